The van der Waals surface area contributed by atoms with Crippen molar-refractivity contribution in [2.24, 2.45) is 5.16 Å². The van der Waals surface area contributed by atoms with E-state index < -0.39 is 40.1 Å². The van der Waals surface area contributed by atoms with Gasteiger partial charge in [0.2, 0.25) is 0 Å². The number of benzene rings is 1. The molecule has 0 aliphatic carbocycles. The Bertz CT molecular complexity index is 1150. The van der Waals surface area contributed by atoms with Gasteiger partial charge in [-0.2, -0.15) is 12.7 Å². The van der Waals surface area contributed by atoms with Gasteiger partial charge in [-0.05, 0) is 12.1 Å². The first-order valence-electron chi connectivity index (χ1n) is 8.43. The number of hydrogen-bond donors (Lipinski definition) is 4. The summed E-state index contributed by atoms with van der Waals surface area (Å²) < 4.78 is 32.5. The van der Waals surface area contributed by atoms with E-state index in [-0.39, 0.29) is 50.4 Å². The summed E-state index contributed by atoms with van der Waals surface area (Å²) in [6, 6.07) is 4.65. The van der Waals surface area contributed by atoms with Gasteiger partial charge in [-0.15, -0.1) is 11.3 Å². The second-order valence-corrected chi connectivity index (χ2v) is 8.24. The molecule has 2 unspecified atom stereocenters. The number of nitrogen functional groups attached to an aromatic ring is 1. The third-order valence-electron chi connectivity index (χ3n) is 4.06. The summed E-state index contributed by atoms with van der Waals surface area (Å²) in [5.74, 6) is -3.13. The normalized spacial score (nSPS) is 18.2. The van der Waals surface area contributed by atoms with Crippen LogP contribution in [0.25, 0.3) is 0 Å². The van der Waals surface area contributed by atoms with Crippen molar-refractivity contribution in [3.8, 4) is 0 Å². The van der Waals surface area contributed by atoms with E-state index in [4.69, 9.17) is 5.73 Å². The van der Waals surface area contributed by atoms with Gasteiger partial charge in [-0.25, -0.2) is 4.98 Å². The van der Waals surface area contributed by atoms with Crippen molar-refractivity contribution in [1.29, 1.82) is 0 Å². The molecule has 0 saturated carbocycles. The van der Waals surface area contributed by atoms with E-state index in [1.807, 2.05) is 0 Å². The summed E-state index contributed by atoms with van der Waals surface area (Å²) in [4.78, 5) is 46.1. The van der Waals surface area contributed by atoms with Crippen LogP contribution in [0.15, 0.2) is 40.9 Å². The molecule has 2 aromatic rings. The molecule has 16 heteroatoms. The van der Waals surface area contributed by atoms with E-state index in [0.717, 1.165) is 11.3 Å². The number of amides is 3. The average molecular weight is 492 g/mol. The summed E-state index contributed by atoms with van der Waals surface area (Å²) in [6.07, 6.45) is 0. The third kappa shape index (κ3) is 5.43. The monoisotopic (exact) mass is 492 g/mol. The summed E-state index contributed by atoms with van der Waals surface area (Å²) >= 11 is 1.02. The van der Waals surface area contributed by atoms with Gasteiger partial charge in [-0.1, -0.05) is 23.4 Å². The predicted octanol–water partition coefficient (Wildman–Crippen LogP) is -1.44. The van der Waals surface area contributed by atoms with Gasteiger partial charge in [0.05, 0.1) is 0 Å². The molecule has 0 radical (unpaired) electrons. The number of carbonyl (C=O) groups is 3. The number of hydrogen-bond acceptors (Lipinski definition) is 10. The number of β-lactam (4-membered cyclic amide) rings is 1. The molecule has 3 rings (SSSR count). The van der Waals surface area contributed by atoms with E-state index in [1.54, 1.807) is 18.2 Å². The molecule has 1 aromatic heterocycles. The van der Waals surface area contributed by atoms with Crippen molar-refractivity contribution in [3.05, 3.63) is 41.4 Å². The zero-order chi connectivity index (χ0) is 22.8. The number of nitrogens with one attached hydrogen (secondary N) is 2. The molecular weight excluding hydrogens is 475 g/mol. The van der Waals surface area contributed by atoms with Gasteiger partial charge in [0.15, 0.2) is 16.9 Å². The number of anilines is 2. The quantitative estimate of drug-likeness (QED) is 0.118. The van der Waals surface area contributed by atoms with Crippen molar-refractivity contribution in [3.63, 3.8) is 0 Å². The molecule has 1 aliphatic rings. The summed E-state index contributed by atoms with van der Waals surface area (Å²) in [7, 11) is -3.89. The average Bonchev–Trinajstić information content (AvgIpc) is 3.13. The van der Waals surface area contributed by atoms with Crippen LogP contribution >= 0.6 is 11.3 Å². The van der Waals surface area contributed by atoms with Gasteiger partial charge in [0, 0.05) is 11.1 Å². The SMILES string of the molecule is CO/N=C(\C(=O)NC1C(=O)N(S(=O)(=O)O)C1C(=O)Nc1ccccc1)c1csc(N)n1.[NaH]. The second-order valence-electron chi connectivity index (χ2n) is 6.06. The van der Waals surface area contributed by atoms with Crippen molar-refractivity contribution in [2.45, 2.75) is 12.1 Å². The summed E-state index contributed by atoms with van der Waals surface area (Å²) in [6.45, 7) is 0. The van der Waals surface area contributed by atoms with Crippen LogP contribution in [0.3, 0.4) is 0 Å². The fourth-order valence-corrected chi connectivity index (χ4v) is 4.15. The van der Waals surface area contributed by atoms with Crippen molar-refractivity contribution < 1.29 is 32.2 Å². The maximum atomic E-state index is 12.7. The fourth-order valence-electron chi connectivity index (χ4n) is 2.76. The molecule has 1 aromatic carbocycles. The molecule has 32 heavy (non-hydrogen) atoms. The fraction of sp³-hybridized carbons (Fsp3) is 0.188. The Kier molecular flexibility index (Phi) is 8.33. The first-order chi connectivity index (χ1) is 14.6. The van der Waals surface area contributed by atoms with E-state index in [0.29, 0.717) is 5.69 Å². The molecule has 2 heterocycles. The standard InChI is InChI=1S/C16H16N6O7S2.Na.H/c1-29-21-10(9-7-30-16(17)19-9)13(23)20-11-12(22(15(11)25)31(26,27)28)14(24)18-8-5-3-2-4-6-8;;/h2-7,11-12H,1H3,(H2,17,19)(H,18,24)(H,20,23)(H,26,27,28);;/b21-10-;;. The van der Waals surface area contributed by atoms with Crippen molar-refractivity contribution >= 4 is 85.5 Å². The summed E-state index contributed by atoms with van der Waals surface area (Å²) in [5.41, 5.74) is 5.55. The number of nitrogens with zero attached hydrogens (tertiary/aromatic N) is 3. The van der Waals surface area contributed by atoms with Crippen LogP contribution in [-0.4, -0.2) is 94.4 Å². The number of rotatable bonds is 7. The first-order valence-corrected chi connectivity index (χ1v) is 10.7. The molecule has 3 amide bonds. The van der Waals surface area contributed by atoms with E-state index in [9.17, 15) is 27.4 Å². The molecular formula is C16H17N6NaO7S2. The van der Waals surface area contributed by atoms with Gasteiger partial charge in [0.1, 0.15) is 18.8 Å². The molecule has 13 nitrogen and oxygen atoms in total. The van der Waals surface area contributed by atoms with E-state index in [2.05, 4.69) is 25.6 Å². The van der Waals surface area contributed by atoms with Crippen molar-refractivity contribution in [1.82, 2.24) is 14.6 Å². The number of nitrogens with two attached hydrogens (primary N) is 1. The summed E-state index contributed by atoms with van der Waals surface area (Å²) in [5, 5.41) is 9.75. The molecule has 166 valence electrons. The number of aromatic nitrogens is 1. The van der Waals surface area contributed by atoms with Crippen molar-refractivity contribution in [2.75, 3.05) is 18.2 Å². The molecule has 5 N–H and O–H groups in total. The number of para-hydroxylation sites is 1. The second kappa shape index (κ2) is 10.4. The van der Waals surface area contributed by atoms with E-state index in [1.165, 1.54) is 24.6 Å². The Morgan fingerprint density at radius 3 is 2.50 bits per heavy atom. The zero-order valence-corrected chi connectivity index (χ0v) is 17.4. The Balaban J connectivity index is 0.00000363. The molecule has 1 aliphatic heterocycles. The third-order valence-corrected chi connectivity index (χ3v) is 5.64. The molecule has 2 atom stereocenters. The number of thiazole rings is 1. The van der Waals surface area contributed by atoms with Crippen LogP contribution in [0.4, 0.5) is 10.8 Å². The molecule has 0 bridgehead atoms. The minimum atomic E-state index is -5.06. The topological polar surface area (TPSA) is 193 Å². The maximum absolute atomic E-state index is 12.7. The predicted molar refractivity (Wildman–Crippen MR) is 116 cm³/mol. The van der Waals surface area contributed by atoms with Crippen LogP contribution in [-0.2, 0) is 29.5 Å². The van der Waals surface area contributed by atoms with Gasteiger partial charge >= 0.3 is 39.9 Å². The first kappa shape index (κ1) is 25.7. The molecule has 1 fully saturated rings. The minimum absolute atomic E-state index is 0. The Labute approximate surface area is 208 Å². The van der Waals surface area contributed by atoms with Crippen LogP contribution in [0.1, 0.15) is 5.69 Å². The van der Waals surface area contributed by atoms with Gasteiger partial charge < -0.3 is 21.2 Å². The van der Waals surface area contributed by atoms with E-state index >= 15 is 0 Å². The van der Waals surface area contributed by atoms with Gasteiger partial charge in [-0.3, -0.25) is 18.9 Å². The Hall–Kier alpha value is -2.56. The van der Waals surface area contributed by atoms with Crippen LogP contribution in [0, 0.1) is 0 Å². The molecule has 0 spiro atoms. The Morgan fingerprint density at radius 1 is 1.31 bits per heavy atom. The van der Waals surface area contributed by atoms with Crippen LogP contribution < -0.4 is 16.4 Å². The molecule has 1 saturated heterocycles. The van der Waals surface area contributed by atoms with Gasteiger partial charge in [0.25, 0.3) is 17.7 Å². The van der Waals surface area contributed by atoms with Crippen LogP contribution in [0.5, 0.6) is 0 Å². The Morgan fingerprint density at radius 2 is 1.97 bits per heavy atom. The zero-order valence-electron chi connectivity index (χ0n) is 15.8. The van der Waals surface area contributed by atoms with Crippen LogP contribution in [0.2, 0.25) is 0 Å². The number of oxime groups is 1. The number of carbonyl (C=O) groups excluding carboxylic acids is 3.